The van der Waals surface area contributed by atoms with Crippen molar-refractivity contribution in [2.45, 2.75) is 6.61 Å². The first-order valence-corrected chi connectivity index (χ1v) is 8.28. The maximum atomic E-state index is 12.4. The molecular formula is C15H15ClNO5P. The number of phosphoric ester groups is 1. The van der Waals surface area contributed by atoms with E-state index in [1.807, 2.05) is 6.07 Å². The molecule has 23 heavy (non-hydrogen) atoms. The summed E-state index contributed by atoms with van der Waals surface area (Å²) >= 11 is 5.49. The summed E-state index contributed by atoms with van der Waals surface area (Å²) in [7, 11) is -3.87. The third-order valence-corrected chi connectivity index (χ3v) is 4.10. The monoisotopic (exact) mass is 355 g/mol. The minimum atomic E-state index is -3.87. The van der Waals surface area contributed by atoms with Crippen LogP contribution in [-0.4, -0.2) is 18.5 Å². The van der Waals surface area contributed by atoms with Gasteiger partial charge in [-0.15, -0.1) is 13.2 Å². The Kier molecular flexibility index (Phi) is 7.90. The quantitative estimate of drug-likeness (QED) is 0.358. The van der Waals surface area contributed by atoms with Gasteiger partial charge in [-0.1, -0.05) is 12.2 Å². The van der Waals surface area contributed by atoms with E-state index < -0.39 is 13.1 Å². The van der Waals surface area contributed by atoms with Crippen LogP contribution in [0.25, 0.3) is 0 Å². The van der Waals surface area contributed by atoms with Crippen molar-refractivity contribution >= 4 is 24.7 Å². The van der Waals surface area contributed by atoms with E-state index in [1.165, 1.54) is 30.4 Å². The summed E-state index contributed by atoms with van der Waals surface area (Å²) in [6, 6.07) is 6.19. The van der Waals surface area contributed by atoms with Crippen molar-refractivity contribution in [3.8, 4) is 6.07 Å². The molecule has 0 bridgehead atoms. The zero-order valence-corrected chi connectivity index (χ0v) is 13.9. The fourth-order valence-corrected chi connectivity index (χ4v) is 2.80. The second-order valence-electron chi connectivity index (χ2n) is 4.15. The molecule has 0 aliphatic carbocycles. The van der Waals surface area contributed by atoms with E-state index in [-0.39, 0.29) is 25.4 Å². The highest BCUT2D eigenvalue weighted by atomic mass is 35.5. The van der Waals surface area contributed by atoms with Crippen molar-refractivity contribution in [2.75, 3.05) is 13.2 Å². The van der Waals surface area contributed by atoms with Gasteiger partial charge in [0, 0.05) is 5.56 Å². The Hall–Kier alpha value is -1.74. The third-order valence-electron chi connectivity index (χ3n) is 2.53. The van der Waals surface area contributed by atoms with Crippen molar-refractivity contribution in [3.05, 3.63) is 60.2 Å². The lowest BCUT2D eigenvalue weighted by atomic mass is 10.1. The van der Waals surface area contributed by atoms with Crippen LogP contribution in [0.4, 0.5) is 0 Å². The van der Waals surface area contributed by atoms with Gasteiger partial charge in [0.25, 0.3) is 5.24 Å². The summed E-state index contributed by atoms with van der Waals surface area (Å²) in [4.78, 5) is 11.4. The summed E-state index contributed by atoms with van der Waals surface area (Å²) in [5.41, 5.74) is 0.748. The van der Waals surface area contributed by atoms with Gasteiger partial charge in [-0.05, 0) is 35.4 Å². The first kappa shape index (κ1) is 19.3. The SMILES string of the molecule is C=CCOP(=O)(OCC=C)OCc1cc(C#N)ccc1C(=O)Cl. The maximum absolute atomic E-state index is 12.4. The number of rotatable bonds is 10. The summed E-state index contributed by atoms with van der Waals surface area (Å²) < 4.78 is 27.6. The Bertz CT molecular complexity index is 667. The normalized spacial score (nSPS) is 10.8. The molecular weight excluding hydrogens is 341 g/mol. The van der Waals surface area contributed by atoms with Gasteiger partial charge in [0.2, 0.25) is 0 Å². The smallest absolute Gasteiger partial charge is 0.283 e. The van der Waals surface area contributed by atoms with Crippen LogP contribution in [0, 0.1) is 11.3 Å². The predicted octanol–water partition coefficient (Wildman–Crippen LogP) is 3.97. The molecule has 1 aromatic rings. The van der Waals surface area contributed by atoms with Crippen LogP contribution >= 0.6 is 19.4 Å². The second kappa shape index (κ2) is 9.41. The minimum absolute atomic E-state index is 0.0477. The van der Waals surface area contributed by atoms with Gasteiger partial charge in [0.05, 0.1) is 31.5 Å². The van der Waals surface area contributed by atoms with Gasteiger partial charge in [0.1, 0.15) is 0 Å². The average Bonchev–Trinajstić information content (AvgIpc) is 2.56. The zero-order chi connectivity index (χ0) is 17.3. The molecule has 0 saturated carbocycles. The molecule has 0 atom stereocenters. The molecule has 8 heteroatoms. The third kappa shape index (κ3) is 6.11. The molecule has 6 nitrogen and oxygen atoms in total. The first-order chi connectivity index (χ1) is 11.0. The molecule has 0 N–H and O–H groups in total. The Balaban J connectivity index is 2.97. The van der Waals surface area contributed by atoms with Crippen molar-refractivity contribution in [2.24, 2.45) is 0 Å². The van der Waals surface area contributed by atoms with Crippen LogP contribution in [0.15, 0.2) is 43.5 Å². The van der Waals surface area contributed by atoms with Gasteiger partial charge >= 0.3 is 7.82 Å². The van der Waals surface area contributed by atoms with E-state index >= 15 is 0 Å². The first-order valence-electron chi connectivity index (χ1n) is 6.44. The minimum Gasteiger partial charge on any atom is -0.283 e. The summed E-state index contributed by atoms with van der Waals surface area (Å²) in [6.45, 7) is 6.52. The van der Waals surface area contributed by atoms with Crippen LogP contribution in [0.5, 0.6) is 0 Å². The van der Waals surface area contributed by atoms with Crippen molar-refractivity contribution in [3.63, 3.8) is 0 Å². The van der Waals surface area contributed by atoms with Crippen LogP contribution in [0.3, 0.4) is 0 Å². The predicted molar refractivity (Wildman–Crippen MR) is 86.0 cm³/mol. The number of halogens is 1. The number of hydrogen-bond donors (Lipinski definition) is 0. The van der Waals surface area contributed by atoms with Gasteiger partial charge in [-0.3, -0.25) is 18.4 Å². The number of nitrogens with zero attached hydrogens (tertiary/aromatic N) is 1. The Labute approximate surface area is 139 Å². The zero-order valence-electron chi connectivity index (χ0n) is 12.2. The van der Waals surface area contributed by atoms with Crippen molar-refractivity contribution in [1.29, 1.82) is 5.26 Å². The van der Waals surface area contributed by atoms with Crippen molar-refractivity contribution in [1.82, 2.24) is 0 Å². The van der Waals surface area contributed by atoms with Crippen LogP contribution < -0.4 is 0 Å². The summed E-state index contributed by atoms with van der Waals surface area (Å²) in [6.07, 6.45) is 2.77. The molecule has 0 spiro atoms. The topological polar surface area (TPSA) is 85.6 Å². The summed E-state index contributed by atoms with van der Waals surface area (Å²) in [5.74, 6) is 0. The molecule has 0 amide bonds. The summed E-state index contributed by atoms with van der Waals surface area (Å²) in [5, 5.41) is 8.20. The number of phosphoric acid groups is 1. The lowest BCUT2D eigenvalue weighted by Gasteiger charge is -2.17. The molecule has 0 heterocycles. The molecule has 0 aliphatic heterocycles. The molecule has 1 rings (SSSR count). The number of benzene rings is 1. The van der Waals surface area contributed by atoms with Gasteiger partial charge in [-0.2, -0.15) is 5.26 Å². The van der Waals surface area contributed by atoms with E-state index in [2.05, 4.69) is 13.2 Å². The van der Waals surface area contributed by atoms with Gasteiger partial charge in [-0.25, -0.2) is 4.57 Å². The molecule has 0 aromatic heterocycles. The molecule has 0 fully saturated rings. The fourth-order valence-electron chi connectivity index (χ4n) is 1.52. The number of carbonyl (C=O) groups excluding carboxylic acids is 1. The van der Waals surface area contributed by atoms with E-state index in [0.717, 1.165) is 0 Å². The largest absolute Gasteiger partial charge is 0.475 e. The van der Waals surface area contributed by atoms with Crippen molar-refractivity contribution < 1.29 is 22.9 Å². The molecule has 1 aromatic carbocycles. The van der Waals surface area contributed by atoms with Crippen LogP contribution in [-0.2, 0) is 24.7 Å². The highest BCUT2D eigenvalue weighted by molar-refractivity contribution is 7.48. The van der Waals surface area contributed by atoms with Crippen LogP contribution in [0.1, 0.15) is 21.5 Å². The lowest BCUT2D eigenvalue weighted by Crippen LogP contribution is -2.04. The Morgan fingerprint density at radius 2 is 1.87 bits per heavy atom. The lowest BCUT2D eigenvalue weighted by molar-refractivity contribution is 0.107. The molecule has 0 saturated heterocycles. The van der Waals surface area contributed by atoms with E-state index in [0.29, 0.717) is 11.1 Å². The standard InChI is InChI=1S/C15H15ClNO5P/c1-3-7-20-23(19,21-8-4-2)22-11-13-9-12(10-17)5-6-14(13)15(16)18/h3-6,9H,1-2,7-8,11H2. The Morgan fingerprint density at radius 3 is 2.35 bits per heavy atom. The average molecular weight is 356 g/mol. The maximum Gasteiger partial charge on any atom is 0.475 e. The second-order valence-corrected chi connectivity index (χ2v) is 6.16. The molecule has 0 aliphatic rings. The number of carbonyl (C=O) groups is 1. The highest BCUT2D eigenvalue weighted by Crippen LogP contribution is 2.50. The van der Waals surface area contributed by atoms with Gasteiger partial charge in [0.15, 0.2) is 0 Å². The number of nitriles is 1. The molecule has 122 valence electrons. The number of hydrogen-bond acceptors (Lipinski definition) is 6. The fraction of sp³-hybridized carbons (Fsp3) is 0.200. The molecule has 0 unspecified atom stereocenters. The molecule has 0 radical (unpaired) electrons. The van der Waals surface area contributed by atoms with E-state index in [1.54, 1.807) is 0 Å². The Morgan fingerprint density at radius 1 is 1.26 bits per heavy atom. The van der Waals surface area contributed by atoms with E-state index in [9.17, 15) is 9.36 Å². The van der Waals surface area contributed by atoms with Gasteiger partial charge < -0.3 is 0 Å². The van der Waals surface area contributed by atoms with Crippen LogP contribution in [0.2, 0.25) is 0 Å². The van der Waals surface area contributed by atoms with E-state index in [4.69, 9.17) is 30.4 Å². The highest BCUT2D eigenvalue weighted by Gasteiger charge is 2.26.